The fourth-order valence-corrected chi connectivity index (χ4v) is 2.87. The molecule has 2 rings (SSSR count). The van der Waals surface area contributed by atoms with E-state index in [1.807, 2.05) is 26.0 Å². The summed E-state index contributed by atoms with van der Waals surface area (Å²) in [5, 5.41) is 6.31. The molecule has 132 valence electrons. The van der Waals surface area contributed by atoms with Crippen LogP contribution in [-0.2, 0) is 14.3 Å². The second kappa shape index (κ2) is 9.04. The number of amides is 2. The largest absolute Gasteiger partial charge is 0.376 e. The highest BCUT2D eigenvalue weighted by Crippen LogP contribution is 2.20. The second-order valence-corrected chi connectivity index (χ2v) is 6.87. The predicted octanol–water partition coefficient (Wildman–Crippen LogP) is 3.30. The average molecular weight is 353 g/mol. The summed E-state index contributed by atoms with van der Waals surface area (Å²) in [6.07, 6.45) is 2.81. The fourth-order valence-electron chi connectivity index (χ4n) is 2.69. The van der Waals surface area contributed by atoms with Gasteiger partial charge in [0.05, 0.1) is 6.10 Å². The monoisotopic (exact) mass is 352 g/mol. The van der Waals surface area contributed by atoms with Crippen LogP contribution in [0.1, 0.15) is 38.2 Å². The topological polar surface area (TPSA) is 67.4 Å². The number of anilines is 1. The number of hydrogen-bond acceptors (Lipinski definition) is 3. The number of halogens is 1. The van der Waals surface area contributed by atoms with Gasteiger partial charge in [0.25, 0.3) is 0 Å². The first-order chi connectivity index (χ1) is 11.4. The Balaban J connectivity index is 1.70. The van der Waals surface area contributed by atoms with Crippen LogP contribution < -0.4 is 10.6 Å². The molecule has 1 aliphatic heterocycles. The molecule has 0 spiro atoms. The lowest BCUT2D eigenvalue weighted by molar-refractivity contribution is -0.122. The van der Waals surface area contributed by atoms with E-state index in [0.717, 1.165) is 25.0 Å². The van der Waals surface area contributed by atoms with Gasteiger partial charge in [-0.1, -0.05) is 24.6 Å². The van der Waals surface area contributed by atoms with Gasteiger partial charge >= 0.3 is 0 Å². The highest BCUT2D eigenvalue weighted by atomic mass is 35.5. The third kappa shape index (κ3) is 6.13. The lowest BCUT2D eigenvalue weighted by Crippen LogP contribution is -2.33. The van der Waals surface area contributed by atoms with Crippen molar-refractivity contribution < 1.29 is 14.3 Å². The average Bonchev–Trinajstić information content (AvgIpc) is 3.02. The van der Waals surface area contributed by atoms with Gasteiger partial charge in [0.2, 0.25) is 11.8 Å². The Labute approximate surface area is 148 Å². The van der Waals surface area contributed by atoms with Gasteiger partial charge in [-0.15, -0.1) is 0 Å². The minimum Gasteiger partial charge on any atom is -0.376 e. The molecule has 0 aliphatic carbocycles. The molecular formula is C18H25ClN2O3. The van der Waals surface area contributed by atoms with Crippen molar-refractivity contribution in [2.24, 2.45) is 5.92 Å². The van der Waals surface area contributed by atoms with E-state index in [1.165, 1.54) is 0 Å². The summed E-state index contributed by atoms with van der Waals surface area (Å²) >= 11 is 6.05. The minimum absolute atomic E-state index is 0.0320. The molecule has 2 unspecified atom stereocenters. The molecule has 1 aliphatic rings. The second-order valence-electron chi connectivity index (χ2n) is 6.46. The van der Waals surface area contributed by atoms with Crippen molar-refractivity contribution >= 4 is 29.1 Å². The Kier molecular flexibility index (Phi) is 7.06. The molecule has 1 saturated heterocycles. The standard InChI is InChI=1S/C18H25ClN2O3/c1-12(8-17(22)20-11-15-4-3-7-24-15)9-18(23)21-14-6-5-13(2)16(19)10-14/h5-6,10,12,15H,3-4,7-9,11H2,1-2H3,(H,20,22)(H,21,23). The third-order valence-electron chi connectivity index (χ3n) is 4.07. The molecule has 2 N–H and O–H groups in total. The van der Waals surface area contributed by atoms with Gasteiger partial charge in [-0.25, -0.2) is 0 Å². The van der Waals surface area contributed by atoms with Crippen molar-refractivity contribution in [2.45, 2.75) is 45.6 Å². The molecule has 0 saturated carbocycles. The first-order valence-electron chi connectivity index (χ1n) is 8.38. The molecule has 0 aromatic heterocycles. The Hall–Kier alpha value is -1.59. The summed E-state index contributed by atoms with van der Waals surface area (Å²) in [6, 6.07) is 5.41. The highest BCUT2D eigenvalue weighted by molar-refractivity contribution is 6.31. The van der Waals surface area contributed by atoms with Crippen molar-refractivity contribution in [3.05, 3.63) is 28.8 Å². The summed E-state index contributed by atoms with van der Waals surface area (Å²) < 4.78 is 5.47. The van der Waals surface area contributed by atoms with Crippen molar-refractivity contribution in [3.63, 3.8) is 0 Å². The van der Waals surface area contributed by atoms with Gasteiger partial charge in [-0.05, 0) is 43.4 Å². The number of carbonyl (C=O) groups excluding carboxylic acids is 2. The first kappa shape index (κ1) is 18.7. The van der Waals surface area contributed by atoms with Crippen LogP contribution in [0.5, 0.6) is 0 Å². The Morgan fingerprint density at radius 2 is 2.08 bits per heavy atom. The maximum Gasteiger partial charge on any atom is 0.224 e. The van der Waals surface area contributed by atoms with Crippen LogP contribution in [0.4, 0.5) is 5.69 Å². The van der Waals surface area contributed by atoms with Gasteiger partial charge in [0.15, 0.2) is 0 Å². The smallest absolute Gasteiger partial charge is 0.224 e. The Morgan fingerprint density at radius 1 is 1.33 bits per heavy atom. The SMILES string of the molecule is Cc1ccc(NC(=O)CC(C)CC(=O)NCC2CCCO2)cc1Cl. The van der Waals surface area contributed by atoms with E-state index >= 15 is 0 Å². The zero-order chi connectivity index (χ0) is 17.5. The van der Waals surface area contributed by atoms with Crippen LogP contribution in [0.3, 0.4) is 0 Å². The summed E-state index contributed by atoms with van der Waals surface area (Å²) in [6.45, 7) is 5.14. The maximum atomic E-state index is 12.1. The van der Waals surface area contributed by atoms with Crippen LogP contribution in [0.15, 0.2) is 18.2 Å². The molecule has 0 radical (unpaired) electrons. The number of benzene rings is 1. The van der Waals surface area contributed by atoms with Crippen LogP contribution in [0.25, 0.3) is 0 Å². The quantitative estimate of drug-likeness (QED) is 0.791. The third-order valence-corrected chi connectivity index (χ3v) is 4.48. The zero-order valence-electron chi connectivity index (χ0n) is 14.2. The summed E-state index contributed by atoms with van der Waals surface area (Å²) in [5.74, 6) is -0.186. The van der Waals surface area contributed by atoms with Crippen molar-refractivity contribution in [3.8, 4) is 0 Å². The van der Waals surface area contributed by atoms with Gasteiger partial charge < -0.3 is 15.4 Å². The molecule has 1 aromatic carbocycles. The molecule has 5 nitrogen and oxygen atoms in total. The number of carbonyl (C=O) groups is 2. The summed E-state index contributed by atoms with van der Waals surface area (Å²) in [5.41, 5.74) is 1.64. The number of aryl methyl sites for hydroxylation is 1. The van der Waals surface area contributed by atoms with Crippen molar-refractivity contribution in [1.82, 2.24) is 5.32 Å². The predicted molar refractivity (Wildman–Crippen MR) is 95.2 cm³/mol. The molecule has 1 heterocycles. The summed E-state index contributed by atoms with van der Waals surface area (Å²) in [7, 11) is 0. The van der Waals surface area contributed by atoms with Gasteiger partial charge in [0.1, 0.15) is 0 Å². The van der Waals surface area contributed by atoms with Crippen LogP contribution in [0.2, 0.25) is 5.02 Å². The number of ether oxygens (including phenoxy) is 1. The molecule has 24 heavy (non-hydrogen) atoms. The van der Waals surface area contributed by atoms with E-state index in [-0.39, 0.29) is 23.8 Å². The van der Waals surface area contributed by atoms with E-state index in [9.17, 15) is 9.59 Å². The van der Waals surface area contributed by atoms with Gasteiger partial charge in [-0.3, -0.25) is 9.59 Å². The zero-order valence-corrected chi connectivity index (χ0v) is 15.0. The van der Waals surface area contributed by atoms with Gasteiger partial charge in [0, 0.05) is 36.7 Å². The first-order valence-corrected chi connectivity index (χ1v) is 8.76. The van der Waals surface area contributed by atoms with E-state index in [1.54, 1.807) is 6.07 Å². The van der Waals surface area contributed by atoms with Crippen LogP contribution in [0, 0.1) is 12.8 Å². The van der Waals surface area contributed by atoms with Crippen LogP contribution in [-0.4, -0.2) is 31.1 Å². The molecule has 2 atom stereocenters. The van der Waals surface area contributed by atoms with E-state index in [0.29, 0.717) is 30.1 Å². The number of nitrogens with one attached hydrogen (secondary N) is 2. The molecule has 6 heteroatoms. The normalized spacial score (nSPS) is 18.2. The number of rotatable bonds is 7. The molecular weight excluding hydrogens is 328 g/mol. The molecule has 1 fully saturated rings. The number of hydrogen-bond donors (Lipinski definition) is 2. The lowest BCUT2D eigenvalue weighted by Gasteiger charge is -2.14. The Bertz CT molecular complexity index is 586. The minimum atomic E-state index is -0.116. The Morgan fingerprint density at radius 3 is 2.75 bits per heavy atom. The van der Waals surface area contributed by atoms with Crippen molar-refractivity contribution in [2.75, 3.05) is 18.5 Å². The van der Waals surface area contributed by atoms with E-state index in [4.69, 9.17) is 16.3 Å². The lowest BCUT2D eigenvalue weighted by atomic mass is 10.0. The van der Waals surface area contributed by atoms with E-state index < -0.39 is 0 Å². The molecule has 2 amide bonds. The molecule has 0 bridgehead atoms. The van der Waals surface area contributed by atoms with Gasteiger partial charge in [-0.2, -0.15) is 0 Å². The molecule has 1 aromatic rings. The van der Waals surface area contributed by atoms with Crippen LogP contribution >= 0.6 is 11.6 Å². The fraction of sp³-hybridized carbons (Fsp3) is 0.556. The van der Waals surface area contributed by atoms with E-state index in [2.05, 4.69) is 10.6 Å². The summed E-state index contributed by atoms with van der Waals surface area (Å²) in [4.78, 5) is 24.0. The van der Waals surface area contributed by atoms with Crippen molar-refractivity contribution in [1.29, 1.82) is 0 Å². The maximum absolute atomic E-state index is 12.1. The highest BCUT2D eigenvalue weighted by Gasteiger charge is 2.18.